The van der Waals surface area contributed by atoms with Crippen molar-refractivity contribution in [3.8, 4) is 5.75 Å². The first-order chi connectivity index (χ1) is 68.5. The zero-order valence-corrected chi connectivity index (χ0v) is 81.8. The van der Waals surface area contributed by atoms with Gasteiger partial charge in [0.25, 0.3) is 0 Å². The monoisotopic (exact) mass is 2050 g/mol. The Labute approximate surface area is 837 Å². The lowest BCUT2D eigenvalue weighted by Crippen LogP contribution is -2.62. The number of primary amides is 4. The van der Waals surface area contributed by atoms with Crippen LogP contribution >= 0.6 is 11.8 Å². The van der Waals surface area contributed by atoms with Gasteiger partial charge in [0.1, 0.15) is 102 Å². The van der Waals surface area contributed by atoms with E-state index >= 15 is 9.59 Å². The number of para-hydroxylation sites is 1. The molecule has 0 aliphatic rings. The molecule has 0 aliphatic carbocycles. The SMILES string of the molecule is CSCCC(NC(=O)C(Cc1ccccc1)NC(=O)C(Cc1c[nH]cn1)NC(=O)CNC(=O)C(NC(=O)C(C)NC(=O)C(Cc1c[nH]c2ccccc12)NC(=O)C(CCC(N)=O)NC(=O)C(CC(N)=O)NC(=O)C(Cc1ccc(O)cc1)NC(=O)C(CCCNC(=N)N)NC(=O)C(CCCNC(=N)N)NC(=O)C(CC(C)C)NC(=O)C(C)NC(=O)C(NC(=O)C(CC(N)=O)NC(=O)C(N)CO)C(C)O)C(C)O)C(N)=O. The van der Waals surface area contributed by atoms with Crippen LogP contribution in [0, 0.1) is 16.7 Å². The van der Waals surface area contributed by atoms with Crippen molar-refractivity contribution >= 4 is 153 Å². The summed E-state index contributed by atoms with van der Waals surface area (Å²) in [6.07, 6.45) is -2.68. The fourth-order valence-corrected chi connectivity index (χ4v) is 14.8. The standard InChI is InChI=1S/C90H134N30O24S/c1-43(2)31-60(113-74(130)44(3)107-88(144)72(47(6)123)120-86(142)66(37-69(94)127)114-76(132)54(91)41-121)81(137)111-57(19-13-28-101-89(96)97)77(133)110-58(20-14-29-102-90(98)99)78(134)115-62(33-49-21-23-52(124)24-22-49)83(139)118-65(36-68(93)126)85(141)112-59(25-26-67(92)125)79(135)117-63(34-50-38-103-55-18-12-11-17-53(50)55)80(136)106-45(4)75(131)119-71(46(5)122)87(143)104-40-70(128)108-64(35-51-39-100-42-105-51)84(140)116-61(32-48-15-9-8-10-16-48)82(138)109-56(73(95)129)27-30-145-7/h8-12,15-18,21-24,38-39,42-47,54,56-66,71-72,103,121-124H,13-14,19-20,25-37,40-41,91H2,1-7H3,(H2,92,125)(H2,93,126)(H2,94,127)(H2,95,129)(H,100,105)(H,104,143)(H,106,136)(H,107,144)(H,108,128)(H,109,138)(H,110,133)(H,111,137)(H,112,141)(H,113,130)(H,114,132)(H,115,134)(H,116,140)(H,117,135)(H,118,139)(H,119,131)(H,120,142)(H4,96,97,101)(H4,98,99,102). The number of aromatic hydroxyl groups is 1. The van der Waals surface area contributed by atoms with Gasteiger partial charge in [-0.05, 0) is 125 Å². The predicted octanol–water partition coefficient (Wildman–Crippen LogP) is -10.8. The topological polar surface area (TPSA) is 913 Å². The largest absolute Gasteiger partial charge is 0.508 e. The van der Waals surface area contributed by atoms with Gasteiger partial charge >= 0.3 is 0 Å². The molecule has 0 spiro atoms. The molecule has 5 aromatic rings. The summed E-state index contributed by atoms with van der Waals surface area (Å²) in [5.41, 5.74) is 40.9. The number of phenols is 1. The second-order valence-corrected chi connectivity index (χ2v) is 35.7. The highest BCUT2D eigenvalue weighted by atomic mass is 32.2. The minimum atomic E-state index is -2.10. The molecular weight excluding hydrogens is 1920 g/mol. The van der Waals surface area contributed by atoms with Gasteiger partial charge in [-0.15, -0.1) is 0 Å². The van der Waals surface area contributed by atoms with E-state index in [1.807, 2.05) is 0 Å². The number of H-pyrrole nitrogens is 2. The maximum Gasteiger partial charge on any atom is 0.245 e. The molecule has 2 aromatic heterocycles. The van der Waals surface area contributed by atoms with Crippen molar-refractivity contribution in [1.82, 2.24) is 111 Å². The maximum absolute atomic E-state index is 15.1. The fourth-order valence-electron chi connectivity index (χ4n) is 14.3. The fraction of sp³-hybridized carbons (Fsp3) is 0.500. The number of aliphatic hydroxyl groups excluding tert-OH is 3. The van der Waals surface area contributed by atoms with Crippen LogP contribution in [0.15, 0.2) is 97.6 Å². The molecule has 0 saturated heterocycles. The number of benzene rings is 3. The van der Waals surface area contributed by atoms with E-state index < -0.39 is 297 Å². The van der Waals surface area contributed by atoms with Gasteiger partial charge in [-0.3, -0.25) is 107 Å². The molecule has 55 heteroatoms. The van der Waals surface area contributed by atoms with E-state index in [1.165, 1.54) is 54.7 Å². The lowest BCUT2D eigenvalue weighted by molar-refractivity contribution is -0.137. The first-order valence-electron chi connectivity index (χ1n) is 46.2. The predicted molar refractivity (Wildman–Crippen MR) is 524 cm³/mol. The first-order valence-corrected chi connectivity index (χ1v) is 47.6. The number of amides is 20. The van der Waals surface area contributed by atoms with Crippen LogP contribution in [0.2, 0.25) is 0 Å². The van der Waals surface area contributed by atoms with E-state index in [0.29, 0.717) is 27.8 Å². The van der Waals surface area contributed by atoms with Crippen LogP contribution in [0.4, 0.5) is 0 Å². The Balaban J connectivity index is 1.41. The van der Waals surface area contributed by atoms with Crippen LogP contribution in [0.25, 0.3) is 10.9 Å². The quantitative estimate of drug-likeness (QED) is 0.00976. The number of carbonyl (C=O) groups is 20. The minimum absolute atomic E-state index is 0.0437. The van der Waals surface area contributed by atoms with E-state index in [2.05, 4.69) is 111 Å². The molecule has 18 unspecified atom stereocenters. The molecule has 18 atom stereocenters. The van der Waals surface area contributed by atoms with Crippen LogP contribution in [-0.2, 0) is 122 Å². The number of phenolic OH excluding ortho intramolecular Hbond substituents is 1. The summed E-state index contributed by atoms with van der Waals surface area (Å²) in [6, 6.07) is -6.46. The second-order valence-electron chi connectivity index (χ2n) is 34.7. The number of aromatic nitrogens is 3. The van der Waals surface area contributed by atoms with Crippen LogP contribution < -0.4 is 136 Å². The first kappa shape index (κ1) is 120. The highest BCUT2D eigenvalue weighted by Crippen LogP contribution is 2.22. The van der Waals surface area contributed by atoms with E-state index in [4.69, 9.17) is 51.0 Å². The van der Waals surface area contributed by atoms with Crippen LogP contribution in [-0.4, -0.2) is 313 Å². The van der Waals surface area contributed by atoms with Gasteiger partial charge in [0.2, 0.25) is 118 Å². The van der Waals surface area contributed by atoms with Crippen molar-refractivity contribution in [2.45, 2.75) is 240 Å². The summed E-state index contributed by atoms with van der Waals surface area (Å²) in [6.45, 7) is 5.85. The Morgan fingerprint density at radius 2 is 0.828 bits per heavy atom. The number of carbonyl (C=O) groups excluding carboxylic acids is 20. The third kappa shape index (κ3) is 42.6. The van der Waals surface area contributed by atoms with Crippen molar-refractivity contribution in [3.63, 3.8) is 0 Å². The number of aromatic amines is 2. The van der Waals surface area contributed by atoms with Crippen LogP contribution in [0.3, 0.4) is 0 Å². The lowest BCUT2D eigenvalue weighted by atomic mass is 10.0. The molecular formula is C90H134N30O24S. The number of rotatable bonds is 64. The summed E-state index contributed by atoms with van der Waals surface area (Å²) in [7, 11) is 0. The molecule has 0 bridgehead atoms. The van der Waals surface area contributed by atoms with Crippen molar-refractivity contribution in [2.75, 3.05) is 38.2 Å². The van der Waals surface area contributed by atoms with Crippen molar-refractivity contribution in [3.05, 3.63) is 120 Å². The number of nitrogens with one attached hydrogen (secondary N) is 22. The minimum Gasteiger partial charge on any atom is -0.508 e. The number of nitrogens with zero attached hydrogens (tertiary/aromatic N) is 1. The highest BCUT2D eigenvalue weighted by molar-refractivity contribution is 7.98. The molecule has 54 nitrogen and oxygen atoms in total. The molecule has 3 aromatic carbocycles. The Morgan fingerprint density at radius 3 is 1.31 bits per heavy atom. The zero-order chi connectivity index (χ0) is 108. The number of thioether (sulfide) groups is 1. The molecule has 40 N–H and O–H groups in total. The number of nitrogens with two attached hydrogens (primary N) is 7. The summed E-state index contributed by atoms with van der Waals surface area (Å²) >= 11 is 1.40. The lowest BCUT2D eigenvalue weighted by Gasteiger charge is -2.29. The van der Waals surface area contributed by atoms with Gasteiger partial charge < -0.3 is 166 Å². The summed E-state index contributed by atoms with van der Waals surface area (Å²) < 4.78 is 0. The van der Waals surface area contributed by atoms with Crippen molar-refractivity contribution in [1.29, 1.82) is 10.8 Å². The number of hydrogen-bond acceptors (Lipinski definition) is 29. The van der Waals surface area contributed by atoms with E-state index in [9.17, 15) is 107 Å². The van der Waals surface area contributed by atoms with E-state index in [0.717, 1.165) is 27.7 Å². The van der Waals surface area contributed by atoms with Crippen LogP contribution in [0.1, 0.15) is 128 Å². The number of imidazole rings is 1. The van der Waals surface area contributed by atoms with Gasteiger partial charge in [0.05, 0.1) is 50.2 Å². The average molecular weight is 2050 g/mol. The number of fused-ring (bicyclic) bond motifs is 1. The number of aliphatic hydroxyl groups is 3. The van der Waals surface area contributed by atoms with Gasteiger partial charge in [-0.2, -0.15) is 11.8 Å². The number of hydrogen-bond donors (Lipinski definition) is 33. The molecule has 20 amide bonds. The van der Waals surface area contributed by atoms with Gasteiger partial charge in [-0.25, -0.2) is 4.98 Å². The summed E-state index contributed by atoms with van der Waals surface area (Å²) in [4.78, 5) is 288. The van der Waals surface area contributed by atoms with E-state index in [-0.39, 0.29) is 81.5 Å². The molecule has 0 saturated carbocycles. The highest BCUT2D eigenvalue weighted by Gasteiger charge is 2.41. The van der Waals surface area contributed by atoms with Gasteiger partial charge in [0, 0.05) is 68.5 Å². The normalized spacial score (nSPS) is 14.8. The third-order valence-corrected chi connectivity index (χ3v) is 22.7. The smallest absolute Gasteiger partial charge is 0.245 e. The number of guanidine groups is 2. The Morgan fingerprint density at radius 1 is 0.414 bits per heavy atom. The van der Waals surface area contributed by atoms with Gasteiger partial charge in [0.15, 0.2) is 11.9 Å². The molecule has 145 heavy (non-hydrogen) atoms. The molecule has 794 valence electrons. The molecule has 0 radical (unpaired) electrons. The molecule has 0 fully saturated rings. The average Bonchev–Trinajstić information content (AvgIpc) is 1.69. The molecule has 0 aliphatic heterocycles. The van der Waals surface area contributed by atoms with E-state index in [1.54, 1.807) is 74.7 Å². The third-order valence-electron chi connectivity index (χ3n) is 22.1. The van der Waals surface area contributed by atoms with Gasteiger partial charge in [-0.1, -0.05) is 74.5 Å². The summed E-state index contributed by atoms with van der Waals surface area (Å²) in [5, 5.41) is 101. The maximum atomic E-state index is 15.1. The van der Waals surface area contributed by atoms with Crippen LogP contribution in [0.5, 0.6) is 5.75 Å². The Kier molecular flexibility index (Phi) is 50.1. The Bertz CT molecular complexity index is 5310. The van der Waals surface area contributed by atoms with Crippen molar-refractivity contribution in [2.24, 2.45) is 46.1 Å². The Hall–Kier alpha value is -15.7. The molecule has 5 rings (SSSR count). The molecule has 2 heterocycles. The second kappa shape index (κ2) is 60.6. The van der Waals surface area contributed by atoms with Crippen molar-refractivity contribution < 1.29 is 116 Å². The summed E-state index contributed by atoms with van der Waals surface area (Å²) in [5.74, 6) is -23.2. The zero-order valence-electron chi connectivity index (χ0n) is 81.0.